The Kier molecular flexibility index (Phi) is 10.2. The van der Waals surface area contributed by atoms with Gasteiger partial charge in [0.2, 0.25) is 0 Å². The molecule has 1 aliphatic carbocycles. The average molecular weight is 369 g/mol. The molecule has 3 rings (SSSR count). The average Bonchev–Trinajstić information content (AvgIpc) is 2.75. The molecular weight excluding hydrogens is 336 g/mol. The summed E-state index contributed by atoms with van der Waals surface area (Å²) in [6, 6.07) is 20.3. The molecule has 0 aromatic heterocycles. The van der Waals surface area contributed by atoms with Gasteiger partial charge in [0.15, 0.2) is 0 Å². The van der Waals surface area contributed by atoms with E-state index in [0.29, 0.717) is 0 Å². The highest BCUT2D eigenvalue weighted by atomic mass is 14.1. The second kappa shape index (κ2) is 13.3. The molecule has 0 amide bonds. The number of hydrogen-bond acceptors (Lipinski definition) is 0. The van der Waals surface area contributed by atoms with E-state index in [1.54, 1.807) is 0 Å². The summed E-state index contributed by atoms with van der Waals surface area (Å²) in [6.45, 7) is 8.20. The van der Waals surface area contributed by atoms with E-state index < -0.39 is 0 Å². The van der Waals surface area contributed by atoms with E-state index in [1.165, 1.54) is 38.5 Å². The summed E-state index contributed by atoms with van der Waals surface area (Å²) in [5.74, 6) is 0. The third kappa shape index (κ3) is 8.22. The van der Waals surface area contributed by atoms with Gasteiger partial charge < -0.3 is 0 Å². The molecule has 0 unspecified atom stereocenters. The third-order valence-electron chi connectivity index (χ3n) is 4.71. The Balaban J connectivity index is 0.000000209. The van der Waals surface area contributed by atoms with E-state index >= 15 is 0 Å². The maximum atomic E-state index is 4.10. The molecule has 0 N–H and O–H groups in total. The Hall–Kier alpha value is -2.86. The predicted octanol–water partition coefficient (Wildman–Crippen LogP) is 8.42. The fourth-order valence-electron chi connectivity index (χ4n) is 2.98. The van der Waals surface area contributed by atoms with Crippen LogP contribution >= 0.6 is 0 Å². The molecular formula is C28H32. The van der Waals surface area contributed by atoms with Crippen molar-refractivity contribution >= 4 is 11.1 Å². The van der Waals surface area contributed by atoms with Crippen molar-refractivity contribution in [3.63, 3.8) is 0 Å². The van der Waals surface area contributed by atoms with Crippen molar-refractivity contribution < 1.29 is 0 Å². The summed E-state index contributed by atoms with van der Waals surface area (Å²) in [6.07, 6.45) is 21.0. The Morgan fingerprint density at radius 2 is 0.893 bits per heavy atom. The zero-order valence-corrected chi connectivity index (χ0v) is 16.9. The van der Waals surface area contributed by atoms with Gasteiger partial charge in [0.25, 0.3) is 0 Å². The normalized spacial score (nSPS) is 14.1. The van der Waals surface area contributed by atoms with Crippen LogP contribution in [0.5, 0.6) is 0 Å². The molecule has 0 radical (unpaired) electrons. The second-order valence-electron chi connectivity index (χ2n) is 6.92. The van der Waals surface area contributed by atoms with Crippen LogP contribution in [0.4, 0.5) is 0 Å². The van der Waals surface area contributed by atoms with Crippen LogP contribution in [0.1, 0.15) is 49.7 Å². The first-order valence-corrected chi connectivity index (χ1v) is 10.3. The van der Waals surface area contributed by atoms with E-state index in [4.69, 9.17) is 0 Å². The van der Waals surface area contributed by atoms with Crippen LogP contribution in [0.2, 0.25) is 0 Å². The zero-order chi connectivity index (χ0) is 19.9. The van der Waals surface area contributed by atoms with Gasteiger partial charge in [-0.15, -0.1) is 0 Å². The van der Waals surface area contributed by atoms with Crippen molar-refractivity contribution in [2.24, 2.45) is 0 Å². The van der Waals surface area contributed by atoms with Crippen LogP contribution < -0.4 is 0 Å². The molecule has 0 fully saturated rings. The predicted molar refractivity (Wildman–Crippen MR) is 126 cm³/mol. The number of allylic oxidation sites excluding steroid dienone is 8. The van der Waals surface area contributed by atoms with Gasteiger partial charge in [-0.2, -0.15) is 0 Å². The first kappa shape index (κ1) is 21.4. The molecule has 2 aromatic carbocycles. The fraction of sp³-hybridized carbons (Fsp3) is 0.214. The van der Waals surface area contributed by atoms with Crippen molar-refractivity contribution in [2.45, 2.75) is 38.5 Å². The summed E-state index contributed by atoms with van der Waals surface area (Å²) < 4.78 is 0. The Morgan fingerprint density at radius 1 is 0.500 bits per heavy atom. The van der Waals surface area contributed by atoms with E-state index in [2.05, 4.69) is 73.9 Å². The maximum Gasteiger partial charge on any atom is -0.0183 e. The molecule has 1 aliphatic rings. The van der Waals surface area contributed by atoms with Crippen molar-refractivity contribution in [3.05, 3.63) is 121 Å². The molecule has 0 atom stereocenters. The summed E-state index contributed by atoms with van der Waals surface area (Å²) in [5, 5.41) is 0. The SMILES string of the molecule is C1=CC=CCCCCCCC=C1.C=C(C(=C)c1ccccc1)c1ccccc1. The van der Waals surface area contributed by atoms with Crippen molar-refractivity contribution in [1.82, 2.24) is 0 Å². The lowest BCUT2D eigenvalue weighted by atomic mass is 9.95. The van der Waals surface area contributed by atoms with Gasteiger partial charge >= 0.3 is 0 Å². The van der Waals surface area contributed by atoms with E-state index in [9.17, 15) is 0 Å². The summed E-state index contributed by atoms with van der Waals surface area (Å²) in [7, 11) is 0. The lowest BCUT2D eigenvalue weighted by molar-refractivity contribution is 0.652. The first-order valence-electron chi connectivity index (χ1n) is 10.3. The molecule has 0 bridgehead atoms. The molecule has 28 heavy (non-hydrogen) atoms. The summed E-state index contributed by atoms with van der Waals surface area (Å²) in [4.78, 5) is 0. The smallest absolute Gasteiger partial charge is 0.0183 e. The standard InChI is InChI=1S/C16H14.C12H18/c1-13(15-9-5-3-6-10-15)14(2)16-11-7-4-8-12-16;1-2-4-6-8-10-12-11-9-7-5-3-1/h3-12H,1-2H2;1-6H,7-12H2. The van der Waals surface area contributed by atoms with E-state index in [-0.39, 0.29) is 0 Å². The minimum Gasteiger partial charge on any atom is -0.0906 e. The van der Waals surface area contributed by atoms with E-state index in [1.807, 2.05) is 36.4 Å². The van der Waals surface area contributed by atoms with Gasteiger partial charge in [0.05, 0.1) is 0 Å². The molecule has 2 aromatic rings. The lowest BCUT2D eigenvalue weighted by Crippen LogP contribution is -1.86. The number of benzene rings is 2. The second-order valence-corrected chi connectivity index (χ2v) is 6.92. The largest absolute Gasteiger partial charge is 0.0906 e. The topological polar surface area (TPSA) is 0 Å². The van der Waals surface area contributed by atoms with Gasteiger partial charge in [0, 0.05) is 0 Å². The Morgan fingerprint density at radius 3 is 1.29 bits per heavy atom. The Bertz CT molecular complexity index is 719. The highest BCUT2D eigenvalue weighted by Crippen LogP contribution is 2.27. The molecule has 0 spiro atoms. The minimum absolute atomic E-state index is 0.979. The minimum atomic E-state index is 0.979. The highest BCUT2D eigenvalue weighted by Gasteiger charge is 2.04. The quantitative estimate of drug-likeness (QED) is 0.477. The molecule has 0 aliphatic heterocycles. The molecule has 0 saturated carbocycles. The first-order chi connectivity index (χ1) is 13.8. The van der Waals surface area contributed by atoms with Crippen LogP contribution in [-0.4, -0.2) is 0 Å². The zero-order valence-electron chi connectivity index (χ0n) is 16.9. The van der Waals surface area contributed by atoms with Crippen molar-refractivity contribution in [3.8, 4) is 0 Å². The van der Waals surface area contributed by atoms with Crippen molar-refractivity contribution in [1.29, 1.82) is 0 Å². The van der Waals surface area contributed by atoms with Crippen LogP contribution in [0.15, 0.2) is 110 Å². The molecule has 0 saturated heterocycles. The molecule has 0 heterocycles. The van der Waals surface area contributed by atoms with Gasteiger partial charge in [-0.25, -0.2) is 0 Å². The van der Waals surface area contributed by atoms with Crippen LogP contribution in [0.3, 0.4) is 0 Å². The summed E-state index contributed by atoms with van der Waals surface area (Å²) >= 11 is 0. The van der Waals surface area contributed by atoms with Gasteiger partial charge in [-0.1, -0.05) is 123 Å². The third-order valence-corrected chi connectivity index (χ3v) is 4.71. The van der Waals surface area contributed by atoms with Gasteiger partial charge in [-0.05, 0) is 48.0 Å². The van der Waals surface area contributed by atoms with Crippen molar-refractivity contribution in [2.75, 3.05) is 0 Å². The van der Waals surface area contributed by atoms with Crippen LogP contribution in [0.25, 0.3) is 11.1 Å². The summed E-state index contributed by atoms with van der Waals surface area (Å²) in [5.41, 5.74) is 4.20. The number of rotatable bonds is 3. The molecule has 144 valence electrons. The Labute approximate surface area is 171 Å². The van der Waals surface area contributed by atoms with Gasteiger partial charge in [0.1, 0.15) is 0 Å². The van der Waals surface area contributed by atoms with E-state index in [0.717, 1.165) is 22.3 Å². The van der Waals surface area contributed by atoms with Gasteiger partial charge in [-0.3, -0.25) is 0 Å². The maximum absolute atomic E-state index is 4.10. The highest BCUT2D eigenvalue weighted by molar-refractivity contribution is 6.02. The lowest BCUT2D eigenvalue weighted by Gasteiger charge is -2.09. The molecule has 0 heteroatoms. The number of hydrogen-bond donors (Lipinski definition) is 0. The van der Waals surface area contributed by atoms with Crippen LogP contribution in [0, 0.1) is 0 Å². The van der Waals surface area contributed by atoms with Crippen LogP contribution in [-0.2, 0) is 0 Å². The monoisotopic (exact) mass is 368 g/mol. The molecule has 0 nitrogen and oxygen atoms in total. The fourth-order valence-corrected chi connectivity index (χ4v) is 2.98.